The van der Waals surface area contributed by atoms with Crippen LogP contribution in [0, 0.1) is 0 Å². The Morgan fingerprint density at radius 2 is 2.10 bits per heavy atom. The topological polar surface area (TPSA) is 69.9 Å². The van der Waals surface area contributed by atoms with E-state index < -0.39 is 0 Å². The van der Waals surface area contributed by atoms with Crippen LogP contribution < -0.4 is 4.74 Å². The quantitative estimate of drug-likeness (QED) is 0.575. The third kappa shape index (κ3) is 3.80. The number of methoxy groups -OCH3 is 1. The summed E-state index contributed by atoms with van der Waals surface area (Å²) in [6.45, 7) is 1.60. The summed E-state index contributed by atoms with van der Waals surface area (Å²) in [6.07, 6.45) is 1.42. The molecule has 1 aromatic carbocycles. The number of tetrazole rings is 1. The number of thioether (sulfide) groups is 1. The first-order valence-corrected chi connectivity index (χ1v) is 7.24. The van der Waals surface area contributed by atoms with Crippen molar-refractivity contribution in [1.82, 2.24) is 20.2 Å². The fourth-order valence-corrected chi connectivity index (χ4v) is 2.47. The van der Waals surface area contributed by atoms with Crippen LogP contribution in [0.3, 0.4) is 0 Å². The van der Waals surface area contributed by atoms with Gasteiger partial charge in [-0.05, 0) is 48.0 Å². The van der Waals surface area contributed by atoms with E-state index in [1.165, 1.54) is 0 Å². The second-order valence-electron chi connectivity index (χ2n) is 4.23. The van der Waals surface area contributed by atoms with Crippen molar-refractivity contribution in [1.29, 1.82) is 0 Å². The van der Waals surface area contributed by atoms with Gasteiger partial charge in [-0.3, -0.25) is 0 Å². The fourth-order valence-electron chi connectivity index (χ4n) is 1.64. The summed E-state index contributed by atoms with van der Waals surface area (Å²) in [6, 6.07) is 7.52. The summed E-state index contributed by atoms with van der Waals surface area (Å²) in [5, 5.41) is 12.4. The van der Waals surface area contributed by atoms with Crippen LogP contribution >= 0.6 is 11.8 Å². The number of benzene rings is 1. The second kappa shape index (κ2) is 7.04. The number of hydrogen-bond donors (Lipinski definition) is 0. The molecule has 0 radical (unpaired) electrons. The minimum atomic E-state index is 0.209. The van der Waals surface area contributed by atoms with E-state index in [0.29, 0.717) is 6.42 Å². The lowest BCUT2D eigenvalue weighted by Crippen LogP contribution is -2.00. The molecule has 1 heterocycles. The number of aromatic nitrogens is 4. The maximum atomic E-state index is 10.9. The van der Waals surface area contributed by atoms with Crippen LogP contribution in [-0.2, 0) is 4.79 Å². The number of carbonyl (C=O) groups excluding carboxylic acids is 1. The molecule has 0 bridgehead atoms. The Hall–Kier alpha value is -1.89. The third-order valence-electron chi connectivity index (χ3n) is 2.66. The Bertz CT molecular complexity index is 568. The van der Waals surface area contributed by atoms with Crippen molar-refractivity contribution in [3.8, 4) is 11.4 Å². The average Bonchev–Trinajstić information content (AvgIpc) is 2.92. The minimum absolute atomic E-state index is 0.209. The normalized spacial score (nSPS) is 10.5. The molecule has 0 spiro atoms. The lowest BCUT2D eigenvalue weighted by molar-refractivity contribution is -0.117. The van der Waals surface area contributed by atoms with Crippen LogP contribution in [0.1, 0.15) is 19.8 Å². The van der Waals surface area contributed by atoms with Crippen LogP contribution in [0.25, 0.3) is 5.69 Å². The predicted molar refractivity (Wildman–Crippen MR) is 76.3 cm³/mol. The zero-order chi connectivity index (χ0) is 14.4. The smallest absolute Gasteiger partial charge is 0.214 e. The van der Waals surface area contributed by atoms with Gasteiger partial charge in [-0.25, -0.2) is 0 Å². The minimum Gasteiger partial charge on any atom is -0.497 e. The molecule has 0 aliphatic rings. The molecule has 0 saturated heterocycles. The molecule has 6 nitrogen and oxygen atoms in total. The van der Waals surface area contributed by atoms with Gasteiger partial charge < -0.3 is 9.53 Å². The number of rotatable bonds is 7. The van der Waals surface area contributed by atoms with Gasteiger partial charge in [-0.15, -0.1) is 5.10 Å². The molecule has 0 aliphatic carbocycles. The second-order valence-corrected chi connectivity index (χ2v) is 5.29. The molecule has 2 rings (SSSR count). The summed E-state index contributed by atoms with van der Waals surface area (Å²) in [5.74, 6) is 1.81. The first kappa shape index (κ1) is 14.5. The number of hydrogen-bond acceptors (Lipinski definition) is 6. The molecule has 1 aromatic heterocycles. The highest BCUT2D eigenvalue weighted by Gasteiger charge is 2.09. The first-order chi connectivity index (χ1) is 9.70. The monoisotopic (exact) mass is 292 g/mol. The molecule has 20 heavy (non-hydrogen) atoms. The highest BCUT2D eigenvalue weighted by atomic mass is 32.2. The zero-order valence-corrected chi connectivity index (χ0v) is 12.3. The van der Waals surface area contributed by atoms with E-state index >= 15 is 0 Å². The summed E-state index contributed by atoms with van der Waals surface area (Å²) in [5.41, 5.74) is 0.880. The Balaban J connectivity index is 2.01. The van der Waals surface area contributed by atoms with E-state index in [1.54, 1.807) is 30.5 Å². The molecule has 2 aromatic rings. The molecule has 7 heteroatoms. The summed E-state index contributed by atoms with van der Waals surface area (Å²) in [4.78, 5) is 10.9. The van der Waals surface area contributed by atoms with Gasteiger partial charge in [0.15, 0.2) is 0 Å². The molecule has 0 aliphatic heterocycles. The largest absolute Gasteiger partial charge is 0.497 e. The molecular weight excluding hydrogens is 276 g/mol. The molecule has 106 valence electrons. The van der Waals surface area contributed by atoms with Crippen LogP contribution in [0.5, 0.6) is 5.75 Å². The van der Waals surface area contributed by atoms with E-state index in [0.717, 1.165) is 28.8 Å². The number of Topliss-reactive ketones (excluding diaryl/α,β-unsaturated/α-hetero) is 1. The molecule has 0 unspecified atom stereocenters. The van der Waals surface area contributed by atoms with Crippen molar-refractivity contribution in [2.75, 3.05) is 12.9 Å². The van der Waals surface area contributed by atoms with E-state index in [2.05, 4.69) is 15.5 Å². The van der Waals surface area contributed by atoms with Crippen molar-refractivity contribution in [3.63, 3.8) is 0 Å². The van der Waals surface area contributed by atoms with Gasteiger partial charge >= 0.3 is 0 Å². The third-order valence-corrected chi connectivity index (χ3v) is 3.67. The molecular formula is C13H16N4O2S. The Morgan fingerprint density at radius 1 is 1.35 bits per heavy atom. The van der Waals surface area contributed by atoms with E-state index in [1.807, 2.05) is 24.3 Å². The highest BCUT2D eigenvalue weighted by Crippen LogP contribution is 2.21. The van der Waals surface area contributed by atoms with Crippen LogP contribution in [0.4, 0.5) is 0 Å². The zero-order valence-electron chi connectivity index (χ0n) is 11.4. The number of ketones is 1. The Labute approximate surface area is 121 Å². The van der Waals surface area contributed by atoms with Gasteiger partial charge in [0.1, 0.15) is 11.5 Å². The van der Waals surface area contributed by atoms with Gasteiger partial charge in [-0.2, -0.15) is 4.68 Å². The fraction of sp³-hybridized carbons (Fsp3) is 0.385. The first-order valence-electron chi connectivity index (χ1n) is 6.26. The molecule has 0 atom stereocenters. The van der Waals surface area contributed by atoms with E-state index in [-0.39, 0.29) is 5.78 Å². The van der Waals surface area contributed by atoms with Gasteiger partial charge in [0.25, 0.3) is 0 Å². The summed E-state index contributed by atoms with van der Waals surface area (Å²) in [7, 11) is 1.63. The van der Waals surface area contributed by atoms with Crippen LogP contribution in [0.2, 0.25) is 0 Å². The maximum absolute atomic E-state index is 10.9. The van der Waals surface area contributed by atoms with Gasteiger partial charge in [0, 0.05) is 12.2 Å². The van der Waals surface area contributed by atoms with Gasteiger partial charge in [0.05, 0.1) is 12.8 Å². The van der Waals surface area contributed by atoms with Crippen molar-refractivity contribution >= 4 is 17.5 Å². The Morgan fingerprint density at radius 3 is 2.75 bits per heavy atom. The standard InChI is InChI=1S/C13H16N4O2S/c1-10(18)4-3-9-20-13-14-15-16-17(13)11-5-7-12(19-2)8-6-11/h5-8H,3-4,9H2,1-2H3. The van der Waals surface area contributed by atoms with Crippen LogP contribution in [0.15, 0.2) is 29.4 Å². The number of nitrogens with zero attached hydrogens (tertiary/aromatic N) is 4. The van der Waals surface area contributed by atoms with Crippen molar-refractivity contribution in [2.45, 2.75) is 24.9 Å². The van der Waals surface area contributed by atoms with Crippen molar-refractivity contribution in [2.24, 2.45) is 0 Å². The molecule has 0 amide bonds. The van der Waals surface area contributed by atoms with Crippen LogP contribution in [-0.4, -0.2) is 38.9 Å². The molecule has 0 fully saturated rings. The SMILES string of the molecule is COc1ccc(-n2nnnc2SCCCC(C)=O)cc1. The molecule has 0 N–H and O–H groups in total. The van der Waals surface area contributed by atoms with Crippen molar-refractivity contribution in [3.05, 3.63) is 24.3 Å². The van der Waals surface area contributed by atoms with Gasteiger partial charge in [-0.1, -0.05) is 11.8 Å². The van der Waals surface area contributed by atoms with Crippen molar-refractivity contribution < 1.29 is 9.53 Å². The Kier molecular flexibility index (Phi) is 5.11. The lowest BCUT2D eigenvalue weighted by Gasteiger charge is -2.05. The summed E-state index contributed by atoms with van der Waals surface area (Å²) < 4.78 is 6.80. The van der Waals surface area contributed by atoms with E-state index in [9.17, 15) is 4.79 Å². The van der Waals surface area contributed by atoms with E-state index in [4.69, 9.17) is 4.74 Å². The molecule has 0 saturated carbocycles. The number of ether oxygens (including phenoxy) is 1. The number of carbonyl (C=O) groups is 1. The predicted octanol–water partition coefficient (Wildman–Crippen LogP) is 2.13. The lowest BCUT2D eigenvalue weighted by atomic mass is 10.3. The highest BCUT2D eigenvalue weighted by molar-refractivity contribution is 7.99. The average molecular weight is 292 g/mol. The maximum Gasteiger partial charge on any atom is 0.214 e. The summed E-state index contributed by atoms with van der Waals surface area (Å²) >= 11 is 1.54. The van der Waals surface area contributed by atoms with Gasteiger partial charge in [0.2, 0.25) is 5.16 Å².